The van der Waals surface area contributed by atoms with Crippen molar-refractivity contribution in [1.82, 2.24) is 0 Å². The van der Waals surface area contributed by atoms with Gasteiger partial charge in [-0.05, 0) is 47.6 Å². The van der Waals surface area contributed by atoms with Gasteiger partial charge in [-0.3, -0.25) is 0 Å². The third-order valence-corrected chi connectivity index (χ3v) is 6.10. The summed E-state index contributed by atoms with van der Waals surface area (Å²) in [6, 6.07) is 13.1. The van der Waals surface area contributed by atoms with E-state index >= 15 is 0 Å². The minimum absolute atomic E-state index is 0.314. The summed E-state index contributed by atoms with van der Waals surface area (Å²) in [5.41, 5.74) is 2.00. The molecule has 5 nitrogen and oxygen atoms in total. The highest BCUT2D eigenvalue weighted by molar-refractivity contribution is 7.99. The molecule has 28 heavy (non-hydrogen) atoms. The van der Waals surface area contributed by atoms with Gasteiger partial charge in [0.1, 0.15) is 41.5 Å². The van der Waals surface area contributed by atoms with Crippen LogP contribution in [-0.4, -0.2) is 51.3 Å². The number of hydrogen-bond acceptors (Lipinski definition) is 7. The first kappa shape index (κ1) is 21.8. The highest BCUT2D eigenvalue weighted by atomic mass is 35.5. The Bertz CT molecular complexity index is 787. The van der Waals surface area contributed by atoms with Crippen LogP contribution in [0.25, 0.3) is 0 Å². The average molecular weight is 443 g/mol. The van der Waals surface area contributed by atoms with Gasteiger partial charge in [0, 0.05) is 5.02 Å². The van der Waals surface area contributed by atoms with Gasteiger partial charge in [-0.1, -0.05) is 35.9 Å². The zero-order valence-corrected chi connectivity index (χ0v) is 17.7. The molecular formula is C20H23ClO5S2. The molecule has 1 fully saturated rings. The average Bonchev–Trinajstić information content (AvgIpc) is 2.70. The van der Waals surface area contributed by atoms with Crippen LogP contribution in [0.5, 0.6) is 5.75 Å². The molecule has 0 unspecified atom stereocenters. The van der Waals surface area contributed by atoms with Gasteiger partial charge in [0.15, 0.2) is 0 Å². The third-order valence-electron chi connectivity index (χ3n) is 4.75. The summed E-state index contributed by atoms with van der Waals surface area (Å²) >= 11 is 11.7. The van der Waals surface area contributed by atoms with Crippen molar-refractivity contribution >= 4 is 36.0 Å². The van der Waals surface area contributed by atoms with E-state index in [9.17, 15) is 15.3 Å². The lowest BCUT2D eigenvalue weighted by atomic mass is 9.92. The van der Waals surface area contributed by atoms with Crippen molar-refractivity contribution in [3.63, 3.8) is 0 Å². The van der Waals surface area contributed by atoms with E-state index in [-0.39, 0.29) is 0 Å². The largest absolute Gasteiger partial charge is 0.483 e. The minimum atomic E-state index is -1.28. The van der Waals surface area contributed by atoms with Crippen LogP contribution in [0, 0.1) is 0 Å². The van der Waals surface area contributed by atoms with Crippen LogP contribution in [0.15, 0.2) is 42.5 Å². The van der Waals surface area contributed by atoms with E-state index < -0.39 is 29.9 Å². The molecule has 1 aliphatic rings. The molecular weight excluding hydrogens is 420 g/mol. The second kappa shape index (κ2) is 9.71. The van der Waals surface area contributed by atoms with Gasteiger partial charge in [-0.25, -0.2) is 0 Å². The predicted molar refractivity (Wildman–Crippen MR) is 114 cm³/mol. The number of hydrogen-bond donors (Lipinski definition) is 4. The summed E-state index contributed by atoms with van der Waals surface area (Å²) in [7, 11) is 0. The lowest BCUT2D eigenvalue weighted by Crippen LogP contribution is -2.52. The molecule has 0 radical (unpaired) electrons. The Morgan fingerprint density at radius 2 is 1.79 bits per heavy atom. The van der Waals surface area contributed by atoms with Crippen LogP contribution in [-0.2, 0) is 11.2 Å². The van der Waals surface area contributed by atoms with Crippen molar-refractivity contribution in [3.05, 3.63) is 64.2 Å². The number of thiol groups is 1. The first-order chi connectivity index (χ1) is 13.4. The molecule has 152 valence electrons. The predicted octanol–water partition coefficient (Wildman–Crippen LogP) is 3.04. The van der Waals surface area contributed by atoms with Crippen LogP contribution in [0.4, 0.5) is 0 Å². The quantitative estimate of drug-likeness (QED) is 0.407. The van der Waals surface area contributed by atoms with E-state index in [4.69, 9.17) is 21.1 Å². The second-order valence-electron chi connectivity index (χ2n) is 6.58. The van der Waals surface area contributed by atoms with Crippen molar-refractivity contribution in [3.8, 4) is 5.75 Å². The number of ether oxygens (including phenoxy) is 2. The molecule has 3 N–H and O–H groups in total. The third kappa shape index (κ3) is 4.79. The summed E-state index contributed by atoms with van der Waals surface area (Å²) < 4.78 is 11.2. The molecule has 1 aliphatic heterocycles. The van der Waals surface area contributed by atoms with E-state index in [0.29, 0.717) is 22.9 Å². The lowest BCUT2D eigenvalue weighted by Gasteiger charge is -2.40. The number of rotatable bonds is 6. The monoisotopic (exact) mass is 442 g/mol. The maximum absolute atomic E-state index is 10.4. The Hall–Kier alpha value is -0.930. The van der Waals surface area contributed by atoms with Gasteiger partial charge in [0.2, 0.25) is 0 Å². The number of benzene rings is 2. The molecule has 0 aliphatic carbocycles. The highest BCUT2D eigenvalue weighted by Gasteiger charge is 2.44. The molecule has 3 rings (SSSR count). The van der Waals surface area contributed by atoms with E-state index in [0.717, 1.165) is 16.9 Å². The molecule has 5 atom stereocenters. The van der Waals surface area contributed by atoms with Crippen molar-refractivity contribution < 1.29 is 24.8 Å². The molecule has 8 heteroatoms. The summed E-state index contributed by atoms with van der Waals surface area (Å²) in [4.78, 5) is 0. The van der Waals surface area contributed by atoms with Crippen LogP contribution in [0.3, 0.4) is 0 Å². The fraction of sp³-hybridized carbons (Fsp3) is 0.400. The number of aliphatic hydroxyl groups is 3. The van der Waals surface area contributed by atoms with E-state index in [1.807, 2.05) is 30.3 Å². The smallest absolute Gasteiger partial charge is 0.132 e. The van der Waals surface area contributed by atoms with Gasteiger partial charge >= 0.3 is 0 Å². The summed E-state index contributed by atoms with van der Waals surface area (Å²) in [5, 5.41) is 31.2. The molecule has 1 heterocycles. The summed E-state index contributed by atoms with van der Waals surface area (Å²) in [6.07, 6.45) is -2.04. The fourth-order valence-electron chi connectivity index (χ4n) is 3.22. The zero-order valence-electron chi connectivity index (χ0n) is 15.2. The van der Waals surface area contributed by atoms with Gasteiger partial charge in [-0.15, -0.1) is 24.4 Å². The van der Waals surface area contributed by atoms with Crippen LogP contribution >= 0.6 is 36.0 Å². The van der Waals surface area contributed by atoms with Crippen molar-refractivity contribution in [1.29, 1.82) is 0 Å². The first-order valence-corrected chi connectivity index (χ1v) is 11.1. The molecule has 0 saturated carbocycles. The zero-order chi connectivity index (χ0) is 20.3. The standard InChI is InChI=1S/C20H23ClO5S2/c1-28-20-18(24)16(22)17(23)19(26-20)12-4-7-15(21)13(9-12)8-11-2-5-14(6-3-11)25-10-27/h2-7,9,16-20,22-24,27H,8,10H2,1H3/t16-,17-,18+,19+,20-/m1/s1. The summed E-state index contributed by atoms with van der Waals surface area (Å²) in [6.45, 7) is 0. The molecule has 0 bridgehead atoms. The van der Waals surface area contributed by atoms with E-state index in [2.05, 4.69) is 12.6 Å². The SMILES string of the molecule is CS[C@H]1O[C@@H](c2ccc(Cl)c(Cc3ccc(OCS)cc3)c2)[C@H](O)[C@@H](O)[C@@H]1O. The maximum atomic E-state index is 10.4. The molecule has 0 amide bonds. The van der Waals surface area contributed by atoms with Crippen molar-refractivity contribution in [2.24, 2.45) is 0 Å². The molecule has 2 aromatic carbocycles. The molecule has 0 spiro atoms. The number of thioether (sulfide) groups is 1. The fourth-order valence-corrected chi connectivity index (χ4v) is 4.23. The van der Waals surface area contributed by atoms with E-state index in [1.165, 1.54) is 11.8 Å². The molecule has 1 saturated heterocycles. The van der Waals surface area contributed by atoms with Gasteiger partial charge in [-0.2, -0.15) is 0 Å². The van der Waals surface area contributed by atoms with Crippen LogP contribution in [0.2, 0.25) is 5.02 Å². The van der Waals surface area contributed by atoms with Crippen LogP contribution < -0.4 is 4.74 Å². The Morgan fingerprint density at radius 3 is 2.43 bits per heavy atom. The topological polar surface area (TPSA) is 79.2 Å². The maximum Gasteiger partial charge on any atom is 0.132 e. The Labute approximate surface area is 179 Å². The number of halogens is 1. The Kier molecular flexibility index (Phi) is 7.55. The number of aliphatic hydroxyl groups excluding tert-OH is 3. The first-order valence-electron chi connectivity index (χ1n) is 8.78. The molecule has 0 aromatic heterocycles. The Balaban J connectivity index is 1.82. The minimum Gasteiger partial charge on any atom is -0.483 e. The van der Waals surface area contributed by atoms with E-state index in [1.54, 1.807) is 18.4 Å². The normalized spacial score (nSPS) is 27.6. The van der Waals surface area contributed by atoms with Gasteiger partial charge < -0.3 is 24.8 Å². The van der Waals surface area contributed by atoms with Crippen molar-refractivity contribution in [2.45, 2.75) is 36.3 Å². The lowest BCUT2D eigenvalue weighted by molar-refractivity contribution is -0.200. The highest BCUT2D eigenvalue weighted by Crippen LogP contribution is 2.37. The van der Waals surface area contributed by atoms with Gasteiger partial charge in [0.05, 0.1) is 0 Å². The van der Waals surface area contributed by atoms with Gasteiger partial charge in [0.25, 0.3) is 0 Å². The van der Waals surface area contributed by atoms with Crippen molar-refractivity contribution in [2.75, 3.05) is 12.2 Å². The molecule has 2 aromatic rings. The Morgan fingerprint density at radius 1 is 1.07 bits per heavy atom. The summed E-state index contributed by atoms with van der Waals surface area (Å²) in [5.74, 6) is 1.06. The second-order valence-corrected chi connectivity index (χ2v) is 8.18. The van der Waals surface area contributed by atoms with Crippen LogP contribution in [0.1, 0.15) is 22.8 Å².